The first-order chi connectivity index (χ1) is 10.0. The first-order valence-electron chi connectivity index (χ1n) is 6.63. The van der Waals surface area contributed by atoms with Crippen molar-refractivity contribution in [3.63, 3.8) is 0 Å². The van der Waals surface area contributed by atoms with Gasteiger partial charge in [-0.25, -0.2) is 0 Å². The fourth-order valence-electron chi connectivity index (χ4n) is 1.52. The number of esters is 1. The second-order valence-corrected chi connectivity index (χ2v) is 6.16. The van der Waals surface area contributed by atoms with Gasteiger partial charge in [0.2, 0.25) is 5.91 Å². The number of carbonyl (C=O) groups excluding carboxylic acids is 2. The van der Waals surface area contributed by atoms with Gasteiger partial charge < -0.3 is 15.8 Å². The lowest BCUT2D eigenvalue weighted by atomic mass is 10.3. The monoisotopic (exact) mass is 374 g/mol. The zero-order chi connectivity index (χ0) is 15.7. The van der Waals surface area contributed by atoms with Crippen LogP contribution in [0.15, 0.2) is 27.6 Å². The molecule has 5 nitrogen and oxygen atoms in total. The number of thioether (sulfide) groups is 1. The molecule has 116 valence electrons. The lowest BCUT2D eigenvalue weighted by molar-refractivity contribution is -0.143. The molecule has 0 unspecified atom stereocenters. The van der Waals surface area contributed by atoms with Crippen LogP contribution >= 0.6 is 27.7 Å². The molecule has 1 aromatic rings. The Hall–Kier alpha value is -1.21. The largest absolute Gasteiger partial charge is 0.466 e. The second kappa shape index (κ2) is 9.68. The summed E-state index contributed by atoms with van der Waals surface area (Å²) in [5.74, 6) is -0.0219. The average molecular weight is 375 g/mol. The molecular weight excluding hydrogens is 356 g/mol. The van der Waals surface area contributed by atoms with E-state index in [2.05, 4.69) is 21.2 Å². The number of anilines is 1. The topological polar surface area (TPSA) is 81.4 Å². The zero-order valence-electron chi connectivity index (χ0n) is 11.9. The predicted molar refractivity (Wildman–Crippen MR) is 88.2 cm³/mol. The van der Waals surface area contributed by atoms with E-state index in [9.17, 15) is 9.59 Å². The molecule has 1 rings (SSSR count). The number of amides is 1. The smallest absolute Gasteiger partial charge is 0.305 e. The van der Waals surface area contributed by atoms with Gasteiger partial charge in [-0.15, -0.1) is 11.8 Å². The summed E-state index contributed by atoms with van der Waals surface area (Å²) in [5.41, 5.74) is 6.49. The maximum atomic E-state index is 11.7. The number of carbonyl (C=O) groups is 2. The van der Waals surface area contributed by atoms with Crippen molar-refractivity contribution in [1.82, 2.24) is 5.32 Å². The van der Waals surface area contributed by atoms with Crippen molar-refractivity contribution in [2.24, 2.45) is 0 Å². The molecule has 0 aliphatic carbocycles. The summed E-state index contributed by atoms with van der Waals surface area (Å²) in [5, 5.41) is 2.76. The molecule has 0 fully saturated rings. The summed E-state index contributed by atoms with van der Waals surface area (Å²) < 4.78 is 5.73. The molecule has 0 saturated heterocycles. The quantitative estimate of drug-likeness (QED) is 0.316. The van der Waals surface area contributed by atoms with E-state index >= 15 is 0 Å². The number of nitrogen functional groups attached to an aromatic ring is 1. The Morgan fingerprint density at radius 3 is 2.90 bits per heavy atom. The van der Waals surface area contributed by atoms with Gasteiger partial charge in [0.25, 0.3) is 0 Å². The van der Waals surface area contributed by atoms with Crippen molar-refractivity contribution in [2.45, 2.75) is 24.7 Å². The van der Waals surface area contributed by atoms with Crippen LogP contribution in [0.25, 0.3) is 0 Å². The van der Waals surface area contributed by atoms with E-state index in [1.54, 1.807) is 13.0 Å². The van der Waals surface area contributed by atoms with Crippen molar-refractivity contribution in [3.05, 3.63) is 22.7 Å². The summed E-state index contributed by atoms with van der Waals surface area (Å²) in [6.07, 6.45) is 0.897. The highest BCUT2D eigenvalue weighted by atomic mass is 79.9. The third kappa shape index (κ3) is 7.38. The van der Waals surface area contributed by atoms with E-state index in [-0.39, 0.29) is 11.9 Å². The van der Waals surface area contributed by atoms with Crippen LogP contribution in [0.5, 0.6) is 0 Å². The van der Waals surface area contributed by atoms with Crippen LogP contribution in [-0.4, -0.2) is 30.8 Å². The van der Waals surface area contributed by atoms with Crippen LogP contribution in [0.3, 0.4) is 0 Å². The lowest BCUT2D eigenvalue weighted by Crippen LogP contribution is -2.26. The molecule has 7 heteroatoms. The number of ether oxygens (including phenoxy) is 1. The van der Waals surface area contributed by atoms with Crippen molar-refractivity contribution in [1.29, 1.82) is 0 Å². The van der Waals surface area contributed by atoms with Crippen LogP contribution in [0.2, 0.25) is 0 Å². The molecule has 0 radical (unpaired) electrons. The molecule has 0 spiro atoms. The summed E-state index contributed by atoms with van der Waals surface area (Å²) in [4.78, 5) is 23.7. The SMILES string of the molecule is CCOC(=O)CCCNC(=O)CSc1cc(Br)ccc1N. The highest BCUT2D eigenvalue weighted by Crippen LogP contribution is 2.27. The van der Waals surface area contributed by atoms with E-state index < -0.39 is 0 Å². The van der Waals surface area contributed by atoms with E-state index in [0.717, 1.165) is 9.37 Å². The highest BCUT2D eigenvalue weighted by molar-refractivity contribution is 9.10. The van der Waals surface area contributed by atoms with Crippen LogP contribution in [-0.2, 0) is 14.3 Å². The maximum Gasteiger partial charge on any atom is 0.305 e. The molecule has 3 N–H and O–H groups in total. The molecule has 1 amide bonds. The molecular formula is C14H19BrN2O3S. The number of nitrogens with two attached hydrogens (primary N) is 1. The minimum atomic E-state index is -0.233. The van der Waals surface area contributed by atoms with Gasteiger partial charge in [0, 0.05) is 28.0 Å². The van der Waals surface area contributed by atoms with E-state index in [1.165, 1.54) is 11.8 Å². The number of rotatable bonds is 8. The summed E-state index contributed by atoms with van der Waals surface area (Å²) >= 11 is 4.75. The Kier molecular flexibility index (Phi) is 8.22. The fraction of sp³-hybridized carbons (Fsp3) is 0.429. The molecule has 0 aliphatic heterocycles. The summed E-state index contributed by atoms with van der Waals surface area (Å²) in [6, 6.07) is 5.53. The Bertz CT molecular complexity index is 497. The molecule has 1 aromatic carbocycles. The molecule has 0 atom stereocenters. The van der Waals surface area contributed by atoms with Crippen molar-refractivity contribution < 1.29 is 14.3 Å². The average Bonchev–Trinajstić information content (AvgIpc) is 2.45. The third-order valence-corrected chi connectivity index (χ3v) is 4.08. The predicted octanol–water partition coefficient (Wildman–Crippen LogP) is 2.58. The van der Waals surface area contributed by atoms with Gasteiger partial charge in [-0.1, -0.05) is 15.9 Å². The van der Waals surface area contributed by atoms with Crippen LogP contribution in [0.4, 0.5) is 5.69 Å². The van der Waals surface area contributed by atoms with E-state index in [4.69, 9.17) is 10.5 Å². The van der Waals surface area contributed by atoms with Gasteiger partial charge in [-0.05, 0) is 31.5 Å². The Labute approximate surface area is 137 Å². The molecule has 0 aliphatic rings. The minimum Gasteiger partial charge on any atom is -0.466 e. The standard InChI is InChI=1S/C14H19BrN2O3S/c1-2-20-14(19)4-3-7-17-13(18)9-21-12-8-10(15)5-6-11(12)16/h5-6,8H,2-4,7,9,16H2,1H3,(H,17,18). The Morgan fingerprint density at radius 2 is 2.19 bits per heavy atom. The zero-order valence-corrected chi connectivity index (χ0v) is 14.3. The summed E-state index contributed by atoms with van der Waals surface area (Å²) in [6.45, 7) is 2.62. The van der Waals surface area contributed by atoms with Gasteiger partial charge >= 0.3 is 5.97 Å². The number of hydrogen-bond acceptors (Lipinski definition) is 5. The van der Waals surface area contributed by atoms with Gasteiger partial charge in [0.1, 0.15) is 0 Å². The maximum absolute atomic E-state index is 11.7. The number of halogens is 1. The van der Waals surface area contributed by atoms with Crippen molar-refractivity contribution in [2.75, 3.05) is 24.6 Å². The molecule has 0 aromatic heterocycles. The second-order valence-electron chi connectivity index (χ2n) is 4.23. The number of benzene rings is 1. The summed E-state index contributed by atoms with van der Waals surface area (Å²) in [7, 11) is 0. The Morgan fingerprint density at radius 1 is 1.43 bits per heavy atom. The number of hydrogen-bond donors (Lipinski definition) is 2. The van der Waals surface area contributed by atoms with E-state index in [0.29, 0.717) is 37.4 Å². The van der Waals surface area contributed by atoms with Gasteiger partial charge in [0.15, 0.2) is 0 Å². The fourth-order valence-corrected chi connectivity index (χ4v) is 2.87. The van der Waals surface area contributed by atoms with Gasteiger partial charge in [-0.2, -0.15) is 0 Å². The van der Waals surface area contributed by atoms with Crippen LogP contribution < -0.4 is 11.1 Å². The highest BCUT2D eigenvalue weighted by Gasteiger charge is 2.06. The minimum absolute atomic E-state index is 0.0803. The molecule has 21 heavy (non-hydrogen) atoms. The number of nitrogens with one attached hydrogen (secondary N) is 1. The van der Waals surface area contributed by atoms with Crippen LogP contribution in [0, 0.1) is 0 Å². The Balaban J connectivity index is 2.22. The van der Waals surface area contributed by atoms with Gasteiger partial charge in [0.05, 0.1) is 12.4 Å². The lowest BCUT2D eigenvalue weighted by Gasteiger charge is -2.07. The molecule has 0 bridgehead atoms. The van der Waals surface area contributed by atoms with Gasteiger partial charge in [-0.3, -0.25) is 9.59 Å². The van der Waals surface area contributed by atoms with Crippen molar-refractivity contribution in [3.8, 4) is 0 Å². The first kappa shape index (κ1) is 17.8. The normalized spacial score (nSPS) is 10.2. The first-order valence-corrected chi connectivity index (χ1v) is 8.41. The van der Waals surface area contributed by atoms with Crippen molar-refractivity contribution >= 4 is 45.3 Å². The molecule has 0 heterocycles. The third-order valence-electron chi connectivity index (χ3n) is 2.52. The molecule has 0 saturated carbocycles. The van der Waals surface area contributed by atoms with Crippen LogP contribution in [0.1, 0.15) is 19.8 Å². The van der Waals surface area contributed by atoms with E-state index in [1.807, 2.05) is 12.1 Å².